The highest BCUT2D eigenvalue weighted by molar-refractivity contribution is 9.10. The van der Waals surface area contributed by atoms with Crippen molar-refractivity contribution < 1.29 is 5.11 Å². The Morgan fingerprint density at radius 2 is 2.17 bits per heavy atom. The number of rotatable bonds is 4. The first-order valence-electron chi connectivity index (χ1n) is 5.50. The van der Waals surface area contributed by atoms with Crippen molar-refractivity contribution in [2.75, 3.05) is 6.54 Å². The molecular weight excluding hydrogens is 334 g/mol. The summed E-state index contributed by atoms with van der Waals surface area (Å²) in [4.78, 5) is 0.894. The van der Waals surface area contributed by atoms with Gasteiger partial charge in [-0.3, -0.25) is 0 Å². The maximum Gasteiger partial charge on any atom is 0.0973 e. The highest BCUT2D eigenvalue weighted by Gasteiger charge is 2.24. The number of hydrogen-bond donors (Lipinski definition) is 2. The van der Waals surface area contributed by atoms with E-state index in [4.69, 9.17) is 17.3 Å². The van der Waals surface area contributed by atoms with Gasteiger partial charge in [0.2, 0.25) is 0 Å². The minimum absolute atomic E-state index is 0.154. The predicted molar refractivity (Wildman–Crippen MR) is 80.2 cm³/mol. The van der Waals surface area contributed by atoms with Crippen LogP contribution < -0.4 is 5.73 Å². The summed E-state index contributed by atoms with van der Waals surface area (Å²) in [6.45, 7) is 0.367. The average molecular weight is 347 g/mol. The normalized spacial score (nSPS) is 14.4. The van der Waals surface area contributed by atoms with Gasteiger partial charge in [-0.1, -0.05) is 23.7 Å². The molecule has 1 aromatic heterocycles. The largest absolute Gasteiger partial charge is 0.387 e. The summed E-state index contributed by atoms with van der Waals surface area (Å²) >= 11 is 10.9. The first-order valence-corrected chi connectivity index (χ1v) is 7.55. The van der Waals surface area contributed by atoms with E-state index in [0.29, 0.717) is 11.6 Å². The molecule has 96 valence electrons. The smallest absolute Gasteiger partial charge is 0.0973 e. The molecule has 0 aliphatic rings. The van der Waals surface area contributed by atoms with Crippen molar-refractivity contribution in [2.45, 2.75) is 12.0 Å². The van der Waals surface area contributed by atoms with Crippen LogP contribution in [0.4, 0.5) is 0 Å². The Morgan fingerprint density at radius 3 is 2.72 bits per heavy atom. The van der Waals surface area contributed by atoms with E-state index in [1.807, 2.05) is 35.7 Å². The average Bonchev–Trinajstić information content (AvgIpc) is 2.76. The third-order valence-corrected chi connectivity index (χ3v) is 5.00. The van der Waals surface area contributed by atoms with Gasteiger partial charge in [0.1, 0.15) is 0 Å². The summed E-state index contributed by atoms with van der Waals surface area (Å²) in [5.41, 5.74) is 6.75. The number of aliphatic hydroxyl groups is 1. The van der Waals surface area contributed by atoms with Gasteiger partial charge < -0.3 is 10.8 Å². The molecule has 3 N–H and O–H groups in total. The summed E-state index contributed by atoms with van der Waals surface area (Å²) in [5, 5.41) is 13.0. The lowest BCUT2D eigenvalue weighted by Crippen LogP contribution is -2.19. The molecule has 18 heavy (non-hydrogen) atoms. The lowest BCUT2D eigenvalue weighted by Gasteiger charge is -2.21. The van der Waals surface area contributed by atoms with Crippen LogP contribution in [0.2, 0.25) is 5.02 Å². The second kappa shape index (κ2) is 6.17. The van der Waals surface area contributed by atoms with Crippen LogP contribution in [0.1, 0.15) is 22.5 Å². The van der Waals surface area contributed by atoms with Crippen molar-refractivity contribution in [1.29, 1.82) is 0 Å². The fourth-order valence-corrected chi connectivity index (χ4v) is 3.74. The van der Waals surface area contributed by atoms with Crippen LogP contribution in [0, 0.1) is 0 Å². The first-order chi connectivity index (χ1) is 8.63. The van der Waals surface area contributed by atoms with Gasteiger partial charge in [-0.25, -0.2) is 0 Å². The quantitative estimate of drug-likeness (QED) is 0.881. The number of aliphatic hydroxyl groups excluding tert-OH is 1. The van der Waals surface area contributed by atoms with E-state index >= 15 is 0 Å². The molecule has 0 aliphatic heterocycles. The zero-order valence-electron chi connectivity index (χ0n) is 9.51. The molecule has 0 spiro atoms. The topological polar surface area (TPSA) is 46.2 Å². The molecule has 0 bridgehead atoms. The first kappa shape index (κ1) is 14.0. The fourth-order valence-electron chi connectivity index (χ4n) is 1.88. The number of hydrogen-bond acceptors (Lipinski definition) is 3. The Balaban J connectivity index is 2.32. The zero-order chi connectivity index (χ0) is 13.1. The lowest BCUT2D eigenvalue weighted by molar-refractivity contribution is 0.150. The van der Waals surface area contributed by atoms with Crippen LogP contribution >= 0.6 is 38.9 Å². The number of benzene rings is 1. The molecule has 2 rings (SSSR count). The van der Waals surface area contributed by atoms with Crippen molar-refractivity contribution in [3.8, 4) is 0 Å². The third kappa shape index (κ3) is 2.95. The van der Waals surface area contributed by atoms with Gasteiger partial charge >= 0.3 is 0 Å². The molecule has 0 saturated carbocycles. The van der Waals surface area contributed by atoms with Gasteiger partial charge in [0.25, 0.3) is 0 Å². The summed E-state index contributed by atoms with van der Waals surface area (Å²) in [6.07, 6.45) is -0.622. The molecule has 0 aliphatic carbocycles. The van der Waals surface area contributed by atoms with Gasteiger partial charge in [-0.2, -0.15) is 0 Å². The van der Waals surface area contributed by atoms with Crippen molar-refractivity contribution in [2.24, 2.45) is 5.73 Å². The fraction of sp³-hybridized carbons (Fsp3) is 0.231. The molecule has 5 heteroatoms. The summed E-state index contributed by atoms with van der Waals surface area (Å²) in [5.74, 6) is -0.154. The molecule has 0 fully saturated rings. The SMILES string of the molecule is NCC(c1cccc(Cl)c1)C(O)c1sccc1Br. The molecule has 2 unspecified atom stereocenters. The molecule has 2 atom stereocenters. The second-order valence-electron chi connectivity index (χ2n) is 3.97. The minimum atomic E-state index is -0.622. The van der Waals surface area contributed by atoms with Gasteiger partial charge in [0.05, 0.1) is 6.10 Å². The van der Waals surface area contributed by atoms with Crippen molar-refractivity contribution in [3.05, 3.63) is 55.6 Å². The molecular formula is C13H13BrClNOS. The van der Waals surface area contributed by atoms with Crippen molar-refractivity contribution >= 4 is 38.9 Å². The predicted octanol–water partition coefficient (Wildman–Crippen LogP) is 3.94. The zero-order valence-corrected chi connectivity index (χ0v) is 12.7. The van der Waals surface area contributed by atoms with Crippen LogP contribution in [-0.2, 0) is 0 Å². The second-order valence-corrected chi connectivity index (χ2v) is 6.21. The molecule has 2 nitrogen and oxygen atoms in total. The van der Waals surface area contributed by atoms with E-state index in [1.54, 1.807) is 0 Å². The van der Waals surface area contributed by atoms with E-state index in [-0.39, 0.29) is 5.92 Å². The molecule has 0 amide bonds. The van der Waals surface area contributed by atoms with Gasteiger partial charge in [0, 0.05) is 26.8 Å². The van der Waals surface area contributed by atoms with E-state index in [9.17, 15) is 5.11 Å². The van der Waals surface area contributed by atoms with Crippen LogP contribution in [-0.4, -0.2) is 11.7 Å². The van der Waals surface area contributed by atoms with Crippen molar-refractivity contribution in [1.82, 2.24) is 0 Å². The van der Waals surface area contributed by atoms with E-state index in [0.717, 1.165) is 14.9 Å². The number of thiophene rings is 1. The van der Waals surface area contributed by atoms with Crippen molar-refractivity contribution in [3.63, 3.8) is 0 Å². The maximum absolute atomic E-state index is 10.5. The monoisotopic (exact) mass is 345 g/mol. The summed E-state index contributed by atoms with van der Waals surface area (Å²) in [7, 11) is 0. The lowest BCUT2D eigenvalue weighted by atomic mass is 9.92. The van der Waals surface area contributed by atoms with Crippen LogP contribution in [0.3, 0.4) is 0 Å². The molecule has 1 heterocycles. The molecule has 2 aromatic rings. The summed E-state index contributed by atoms with van der Waals surface area (Å²) < 4.78 is 0.917. The Kier molecular flexibility index (Phi) is 4.81. The molecule has 1 aromatic carbocycles. The highest BCUT2D eigenvalue weighted by atomic mass is 79.9. The highest BCUT2D eigenvalue weighted by Crippen LogP contribution is 2.37. The standard InChI is InChI=1S/C13H13BrClNOS/c14-11-4-5-18-13(11)12(17)10(7-16)8-2-1-3-9(15)6-8/h1-6,10,12,17H,7,16H2. The minimum Gasteiger partial charge on any atom is -0.387 e. The Hall–Kier alpha value is -0.390. The molecule has 0 radical (unpaired) electrons. The maximum atomic E-state index is 10.5. The number of nitrogens with two attached hydrogens (primary N) is 1. The van der Waals surface area contributed by atoms with E-state index < -0.39 is 6.10 Å². The number of halogens is 2. The van der Waals surface area contributed by atoms with Crippen LogP contribution in [0.15, 0.2) is 40.2 Å². The van der Waals surface area contributed by atoms with E-state index in [1.165, 1.54) is 11.3 Å². The Morgan fingerprint density at radius 1 is 1.39 bits per heavy atom. The molecule has 0 saturated heterocycles. The van der Waals surface area contributed by atoms with E-state index in [2.05, 4.69) is 15.9 Å². The summed E-state index contributed by atoms with van der Waals surface area (Å²) in [6, 6.07) is 9.40. The van der Waals surface area contributed by atoms with Gasteiger partial charge in [-0.05, 0) is 45.1 Å². The van der Waals surface area contributed by atoms with Crippen LogP contribution in [0.25, 0.3) is 0 Å². The van der Waals surface area contributed by atoms with Gasteiger partial charge in [0.15, 0.2) is 0 Å². The Bertz CT molecular complexity index is 531. The van der Waals surface area contributed by atoms with Gasteiger partial charge in [-0.15, -0.1) is 11.3 Å². The Labute approximate surface area is 124 Å². The third-order valence-electron chi connectivity index (χ3n) is 2.83. The van der Waals surface area contributed by atoms with Crippen LogP contribution in [0.5, 0.6) is 0 Å².